The molecule has 0 saturated carbocycles. The number of aryl methyl sites for hydroxylation is 1. The van der Waals surface area contributed by atoms with Crippen LogP contribution in [0.15, 0.2) is 6.07 Å². The van der Waals surface area contributed by atoms with Crippen LogP contribution in [0.2, 0.25) is 13.1 Å². The minimum absolute atomic E-state index is 0. The van der Waals surface area contributed by atoms with Gasteiger partial charge >= 0.3 is 21.7 Å². The minimum atomic E-state index is -0.250. The van der Waals surface area contributed by atoms with E-state index < -0.39 is 0 Å². The van der Waals surface area contributed by atoms with Crippen LogP contribution >= 0.6 is 0 Å². The standard InChI is InChI=1S/C16H26N.C4H10N.C2H8Si.2ClH.Ti/c1-11-10-12-13(14(11)17(6)7)16(4,5)9-8-15(12,2)3;1-4(2,3)5;1-3-2;;;/h10H,8-9H2,1-7H3;5H,1-3H3;3H2,1-2H3;2*1H;/q2*-1;;;;+4/p-2. The second-order valence-electron chi connectivity index (χ2n) is 10.1. The summed E-state index contributed by atoms with van der Waals surface area (Å²) in [5.41, 5.74) is 13.4. The number of hydrogen-bond acceptors (Lipinski definition) is 1. The van der Waals surface area contributed by atoms with Crippen molar-refractivity contribution < 1.29 is 46.5 Å². The van der Waals surface area contributed by atoms with Gasteiger partial charge < -0.3 is 35.4 Å². The Balaban J connectivity index is -0.000000227. The largest absolute Gasteiger partial charge is 4.00 e. The van der Waals surface area contributed by atoms with Crippen LogP contribution in [-0.4, -0.2) is 29.2 Å². The molecular weight excluding hydrogens is 439 g/mol. The van der Waals surface area contributed by atoms with E-state index in [2.05, 4.69) is 72.8 Å². The first-order valence-corrected chi connectivity index (χ1v) is 12.6. The van der Waals surface area contributed by atoms with Crippen molar-refractivity contribution in [3.05, 3.63) is 28.5 Å². The summed E-state index contributed by atoms with van der Waals surface area (Å²) in [6.07, 6.45) is 2.58. The molecule has 0 amide bonds. The van der Waals surface area contributed by atoms with Gasteiger partial charge in [-0.3, -0.25) is 0 Å². The van der Waals surface area contributed by atoms with Crippen LogP contribution in [0.4, 0.5) is 5.69 Å². The molecule has 6 heteroatoms. The normalized spacial score (nSPS) is 15.6. The third kappa shape index (κ3) is 11.1. The summed E-state index contributed by atoms with van der Waals surface area (Å²) >= 11 is 0. The van der Waals surface area contributed by atoms with Gasteiger partial charge in [-0.25, -0.2) is 0 Å². The molecule has 0 unspecified atom stereocenters. The maximum absolute atomic E-state index is 6.94. The van der Waals surface area contributed by atoms with E-state index in [0.717, 1.165) is 0 Å². The third-order valence-corrected chi connectivity index (χ3v) is 4.47. The molecule has 0 fully saturated rings. The predicted molar refractivity (Wildman–Crippen MR) is 121 cm³/mol. The number of rotatable bonds is 1. The molecule has 1 aromatic rings. The zero-order valence-corrected chi connectivity index (χ0v) is 24.9. The van der Waals surface area contributed by atoms with E-state index in [0.29, 0.717) is 20.3 Å². The molecule has 28 heavy (non-hydrogen) atoms. The van der Waals surface area contributed by atoms with Crippen LogP contribution in [0, 0.1) is 6.92 Å². The molecule has 0 saturated heterocycles. The van der Waals surface area contributed by atoms with Crippen LogP contribution in [0.3, 0.4) is 0 Å². The fourth-order valence-electron chi connectivity index (χ4n) is 3.36. The molecule has 0 bridgehead atoms. The Morgan fingerprint density at radius 3 is 1.61 bits per heavy atom. The fourth-order valence-corrected chi connectivity index (χ4v) is 3.36. The second-order valence-corrected chi connectivity index (χ2v) is 11.5. The summed E-state index contributed by atoms with van der Waals surface area (Å²) < 4.78 is 0. The average molecular weight is 483 g/mol. The molecule has 1 aliphatic carbocycles. The topological polar surface area (TPSA) is 27.0 Å². The molecule has 0 aromatic heterocycles. The van der Waals surface area contributed by atoms with Gasteiger partial charge in [0.1, 0.15) is 0 Å². The molecule has 1 N–H and O–H groups in total. The quantitative estimate of drug-likeness (QED) is 0.415. The molecule has 0 heterocycles. The summed E-state index contributed by atoms with van der Waals surface area (Å²) in [7, 11) is 4.75. The van der Waals surface area contributed by atoms with E-state index >= 15 is 0 Å². The van der Waals surface area contributed by atoms with Crippen LogP contribution in [-0.2, 0) is 32.5 Å². The van der Waals surface area contributed by atoms with E-state index in [1.54, 1.807) is 11.1 Å². The van der Waals surface area contributed by atoms with Crippen molar-refractivity contribution in [1.29, 1.82) is 0 Å². The first-order valence-electron chi connectivity index (χ1n) is 9.82. The van der Waals surface area contributed by atoms with E-state index in [4.69, 9.17) is 5.73 Å². The van der Waals surface area contributed by atoms with Crippen LogP contribution in [0.1, 0.15) is 78.0 Å². The Bertz CT molecular complexity index is 541. The van der Waals surface area contributed by atoms with Gasteiger partial charge in [0.25, 0.3) is 0 Å². The van der Waals surface area contributed by atoms with Gasteiger partial charge in [0.2, 0.25) is 0 Å². The molecule has 0 atom stereocenters. The number of nitrogens with one attached hydrogen (secondary N) is 1. The van der Waals surface area contributed by atoms with Gasteiger partial charge in [-0.1, -0.05) is 80.3 Å². The van der Waals surface area contributed by atoms with Crippen molar-refractivity contribution in [3.8, 4) is 0 Å². The first-order chi connectivity index (χ1) is 11.1. The summed E-state index contributed by atoms with van der Waals surface area (Å²) in [5, 5.41) is 0. The maximum atomic E-state index is 6.94. The molecule has 0 aliphatic heterocycles. The van der Waals surface area contributed by atoms with E-state index in [1.165, 1.54) is 24.1 Å². The number of anilines is 1. The van der Waals surface area contributed by atoms with Gasteiger partial charge in [-0.15, -0.1) is 16.8 Å². The Kier molecular flexibility index (Phi) is 17.8. The molecule has 1 aliphatic rings. The number of halogens is 2. The van der Waals surface area contributed by atoms with E-state index in [9.17, 15) is 0 Å². The number of hydrogen-bond donors (Lipinski definition) is 0. The van der Waals surface area contributed by atoms with Gasteiger partial charge in [-0.05, 0) is 25.9 Å². The van der Waals surface area contributed by atoms with Crippen LogP contribution < -0.4 is 29.7 Å². The zero-order valence-electron chi connectivity index (χ0n) is 20.4. The first kappa shape index (κ1) is 36.0. The van der Waals surface area contributed by atoms with Gasteiger partial charge in [0.05, 0.1) is 0 Å². The van der Waals surface area contributed by atoms with E-state index in [1.807, 2.05) is 20.8 Å². The monoisotopic (exact) mass is 482 g/mol. The summed E-state index contributed by atoms with van der Waals surface area (Å²) in [5.74, 6) is 0. The molecular formula is C22H44Cl2N2SiTi. The van der Waals surface area contributed by atoms with Crippen molar-refractivity contribution in [2.24, 2.45) is 0 Å². The molecule has 0 spiro atoms. The molecule has 1 aromatic carbocycles. The molecule has 2 rings (SSSR count). The SMILES string of the molecule is CC(C)(C)[NH-].C[SiH2]C.Cc1[cH-]c2c(c1N(C)C)C(C)(C)CCC2(C)C.[Cl-].[Cl-].[Ti+4]. The van der Waals surface area contributed by atoms with Gasteiger partial charge in [0.15, 0.2) is 0 Å². The van der Waals surface area contributed by atoms with Gasteiger partial charge in [0, 0.05) is 9.52 Å². The average Bonchev–Trinajstić information content (AvgIpc) is 2.74. The smallest absolute Gasteiger partial charge is 1.00 e. The van der Waals surface area contributed by atoms with Crippen molar-refractivity contribution in [1.82, 2.24) is 0 Å². The maximum Gasteiger partial charge on any atom is 4.00 e. The predicted octanol–water partition coefficient (Wildman–Crippen LogP) is 0.223. The number of fused-ring (bicyclic) bond motifs is 1. The Morgan fingerprint density at radius 2 is 1.29 bits per heavy atom. The molecule has 164 valence electrons. The Labute approximate surface area is 206 Å². The van der Waals surface area contributed by atoms with Crippen molar-refractivity contribution in [2.75, 3.05) is 19.0 Å². The number of nitrogens with zero attached hydrogens (tertiary/aromatic N) is 1. The Hall–Kier alpha value is 0.621. The molecule has 2 nitrogen and oxygen atoms in total. The third-order valence-electron chi connectivity index (χ3n) is 4.47. The van der Waals surface area contributed by atoms with E-state index in [-0.39, 0.29) is 52.1 Å². The summed E-state index contributed by atoms with van der Waals surface area (Å²) in [6.45, 7) is 21.9. The Morgan fingerprint density at radius 1 is 0.964 bits per heavy atom. The van der Waals surface area contributed by atoms with Gasteiger partial charge in [-0.2, -0.15) is 17.2 Å². The van der Waals surface area contributed by atoms with Crippen molar-refractivity contribution in [3.63, 3.8) is 0 Å². The summed E-state index contributed by atoms with van der Waals surface area (Å²) in [4.78, 5) is 2.29. The minimum Gasteiger partial charge on any atom is -1.00 e. The fraction of sp³-hybridized carbons (Fsp3) is 0.773. The van der Waals surface area contributed by atoms with Crippen LogP contribution in [0.5, 0.6) is 0 Å². The van der Waals surface area contributed by atoms with Crippen LogP contribution in [0.25, 0.3) is 5.73 Å². The molecule has 0 radical (unpaired) electrons. The van der Waals surface area contributed by atoms with Crippen molar-refractivity contribution >= 4 is 15.2 Å². The second kappa shape index (κ2) is 13.8. The zero-order chi connectivity index (χ0) is 20.2. The van der Waals surface area contributed by atoms with Crippen molar-refractivity contribution in [2.45, 2.75) is 97.7 Å². The summed E-state index contributed by atoms with van der Waals surface area (Å²) in [6, 6.07) is 2.42.